The Hall–Kier alpha value is -8.56. The maximum absolute atomic E-state index is 14.7. The van der Waals surface area contributed by atoms with Gasteiger partial charge >= 0.3 is 5.97 Å². The van der Waals surface area contributed by atoms with Gasteiger partial charge in [0, 0.05) is 71.3 Å². The standard InChI is InChI=1S/C94H139N11O23/c1-61-16-12-11-13-17-63(3)79(114-8)56-73-25-20-67(7)94(113,128-73)88(110)91(111)104-32-15-14-18-75(104)92(112)126-77(64(4)52-68-22-26-76(106)80(54-68)115-9)27-19-62(2)51-66(6)86(109)87(116-10)84(65(5)50-61)102-125-59-81(107)97-31-35-118-37-39-120-41-43-122-45-47-124-49-48-123-46-44-121-42-40-119-38-36-117-34-30-82(108)103-33-29-70-53-69(21-23-72(70)58-103)57-105-90-83(89(95)98-60-99-90)85(101-105)71-24-28-78-74(55-71)100-93(96)127-78/h11-13,16-17,21,23-24,28,51,53,55,60-62,64-65,67-68,73,75-77,79-80,86-87,106,109,113H,14-15,18-20,22,25-27,29-50,52,54,56-59H2,1-10H3,(H2,96,100)(H,97,107)(H2,95,98,99)/b13-11+,16-12+,63-17+,66-51+,102-84?/t61-,62+,64-,65-,67-,68+,73+,75+,76-,77+,79+,80-,86-,87+,94-/m1/s1. The minimum absolute atomic E-state index is 0.00226. The number of aliphatic hydroxyl groups is 3. The normalized spacial score (nSPS) is 27.2. The van der Waals surface area contributed by atoms with Crippen LogP contribution in [0.5, 0.6) is 0 Å². The Labute approximate surface area is 751 Å². The van der Waals surface area contributed by atoms with Gasteiger partial charge in [0.15, 0.2) is 17.8 Å². The molecule has 2 bridgehead atoms. The van der Waals surface area contributed by atoms with E-state index in [1.807, 2.05) is 79.8 Å². The van der Waals surface area contributed by atoms with Crippen LogP contribution in [0.3, 0.4) is 0 Å². The maximum atomic E-state index is 14.7. The second kappa shape index (κ2) is 52.5. The van der Waals surface area contributed by atoms with Crippen molar-refractivity contribution in [1.82, 2.24) is 39.8 Å². The SMILES string of the molecule is CO[C@H]1C[C@@H]2CC[C@@H](C)[C@@](O)(O2)C(=O)C(=O)N2CCCC[C@H]2C(=O)O[C@H]([C@H](C)C[C@@H]2CC[C@@H](O)[C@H](OC)C2)CC[C@H](C)/C=C(\C)[C@@H](O)[C@@H](OC)C(=NOCC(=O)NCCOCCOCCOCCOCCOCCOCCOCCOCCC(=O)N2CCc3cc(Cn4nc(-c5ccc6oc(N)nc6c5)c5c(N)ncnc54)ccc3C2)[C@H](C)C[C@H](C)/C=C/C=C/C=C/1C. The number of Topliss-reactive ketones (excluding diaryl/α,β-unsaturated/α-hetero) is 1. The van der Waals surface area contributed by atoms with Crippen molar-refractivity contribution in [1.29, 1.82) is 0 Å². The molecule has 2 aromatic carbocycles. The number of oxime groups is 1. The number of ketones is 1. The smallest absolute Gasteiger partial charge is 0.329 e. The highest BCUT2D eigenvalue weighted by Crippen LogP contribution is 2.40. The van der Waals surface area contributed by atoms with E-state index in [-0.39, 0.29) is 80.2 Å². The van der Waals surface area contributed by atoms with Crippen molar-refractivity contribution in [3.8, 4) is 11.3 Å². The molecule has 0 spiro atoms. The number of cyclic esters (lactones) is 1. The Kier molecular flexibility index (Phi) is 41.6. The number of nitrogens with zero attached hydrogens (tertiary/aromatic N) is 8. The number of hydrogen-bond donors (Lipinski definition) is 6. The third-order valence-corrected chi connectivity index (χ3v) is 24.7. The molecule has 5 aliphatic rings. The molecule has 3 amide bonds. The molecule has 15 atom stereocenters. The van der Waals surface area contributed by atoms with E-state index in [4.69, 9.17) is 87.4 Å². The molecule has 5 aromatic rings. The van der Waals surface area contributed by atoms with Crippen LogP contribution in [0.2, 0.25) is 0 Å². The van der Waals surface area contributed by atoms with Crippen molar-refractivity contribution in [3.63, 3.8) is 0 Å². The number of anilines is 2. The number of nitrogens with two attached hydrogens (primary N) is 2. The molecule has 708 valence electrons. The van der Waals surface area contributed by atoms with Crippen molar-refractivity contribution >= 4 is 69.2 Å². The Morgan fingerprint density at radius 2 is 1.40 bits per heavy atom. The van der Waals surface area contributed by atoms with Crippen LogP contribution in [0.25, 0.3) is 33.4 Å². The maximum Gasteiger partial charge on any atom is 0.329 e. The number of carbonyl (C=O) groups excluding carboxylic acids is 5. The molecule has 10 rings (SSSR count). The van der Waals surface area contributed by atoms with Crippen LogP contribution in [0.4, 0.5) is 11.8 Å². The van der Waals surface area contributed by atoms with E-state index in [2.05, 4.69) is 63.5 Å². The van der Waals surface area contributed by atoms with Gasteiger partial charge in [-0.2, -0.15) is 10.1 Å². The summed E-state index contributed by atoms with van der Waals surface area (Å²) in [6.45, 7) is 21.0. The minimum atomic E-state index is -2.42. The third kappa shape index (κ3) is 30.2. The largest absolute Gasteiger partial charge is 0.461 e. The molecule has 1 aliphatic carbocycles. The number of benzene rings is 2. The van der Waals surface area contributed by atoms with E-state index < -0.39 is 84.5 Å². The van der Waals surface area contributed by atoms with E-state index in [9.17, 15) is 39.3 Å². The zero-order valence-electron chi connectivity index (χ0n) is 76.5. The van der Waals surface area contributed by atoms with Crippen LogP contribution in [0, 0.1) is 35.5 Å². The summed E-state index contributed by atoms with van der Waals surface area (Å²) in [5.41, 5.74) is 20.6. The molecule has 7 heterocycles. The first kappa shape index (κ1) is 102. The Morgan fingerprint density at radius 3 is 2.08 bits per heavy atom. The number of amides is 3. The van der Waals surface area contributed by atoms with Crippen LogP contribution < -0.4 is 16.8 Å². The van der Waals surface area contributed by atoms with Crippen LogP contribution in [-0.2, 0) is 110 Å². The summed E-state index contributed by atoms with van der Waals surface area (Å²) in [7, 11) is 4.69. The van der Waals surface area contributed by atoms with Crippen molar-refractivity contribution < 1.29 is 110 Å². The molecule has 4 aliphatic heterocycles. The fraction of sp³-hybridized carbons (Fsp3) is 0.660. The fourth-order valence-electron chi connectivity index (χ4n) is 17.4. The average Bonchev–Trinajstić information content (AvgIpc) is 1.50. The summed E-state index contributed by atoms with van der Waals surface area (Å²) in [4.78, 5) is 91.9. The quantitative estimate of drug-likeness (QED) is 0.00701. The average molecular weight is 1790 g/mol. The van der Waals surface area contributed by atoms with E-state index in [1.165, 1.54) is 23.9 Å². The van der Waals surface area contributed by atoms with E-state index in [1.54, 1.807) is 27.2 Å². The van der Waals surface area contributed by atoms with E-state index in [0.717, 1.165) is 35.1 Å². The number of esters is 1. The number of fused-ring (bicyclic) bond motifs is 6. The van der Waals surface area contributed by atoms with Gasteiger partial charge in [-0.15, -0.1) is 0 Å². The van der Waals surface area contributed by atoms with Gasteiger partial charge in [-0.3, -0.25) is 19.2 Å². The molecular weight excluding hydrogens is 1650 g/mol. The Bertz CT molecular complexity index is 4480. The molecular formula is C94H139N11O23. The van der Waals surface area contributed by atoms with E-state index >= 15 is 0 Å². The second-order valence-corrected chi connectivity index (χ2v) is 34.4. The summed E-state index contributed by atoms with van der Waals surface area (Å²) >= 11 is 0. The lowest BCUT2D eigenvalue weighted by Gasteiger charge is -2.42. The first-order valence-electron chi connectivity index (χ1n) is 45.6. The number of ether oxygens (including phenoxy) is 13. The molecule has 0 unspecified atom stereocenters. The topological polar surface area (TPSA) is 428 Å². The summed E-state index contributed by atoms with van der Waals surface area (Å²) in [5, 5.41) is 48.0. The number of aromatic nitrogens is 5. The number of methoxy groups -OCH3 is 3. The lowest BCUT2D eigenvalue weighted by molar-refractivity contribution is -0.265. The molecule has 1 saturated carbocycles. The van der Waals surface area contributed by atoms with Gasteiger partial charge < -0.3 is 113 Å². The van der Waals surface area contributed by atoms with Crippen molar-refractivity contribution in [2.45, 2.75) is 212 Å². The number of oxazole rings is 1. The van der Waals surface area contributed by atoms with Crippen molar-refractivity contribution in [2.75, 3.05) is 165 Å². The van der Waals surface area contributed by atoms with Crippen LogP contribution in [0.15, 0.2) is 99.9 Å². The lowest BCUT2D eigenvalue weighted by Crippen LogP contribution is -2.61. The molecule has 3 aromatic heterocycles. The molecule has 3 fully saturated rings. The Morgan fingerprint density at radius 1 is 0.711 bits per heavy atom. The predicted molar refractivity (Wildman–Crippen MR) is 479 cm³/mol. The predicted octanol–water partition coefficient (Wildman–Crippen LogP) is 9.19. The van der Waals surface area contributed by atoms with Gasteiger partial charge in [-0.25, -0.2) is 19.4 Å². The van der Waals surface area contributed by atoms with Gasteiger partial charge in [-0.1, -0.05) is 94.4 Å². The van der Waals surface area contributed by atoms with Gasteiger partial charge in [0.05, 0.1) is 154 Å². The highest BCUT2D eigenvalue weighted by molar-refractivity contribution is 6.39. The van der Waals surface area contributed by atoms with E-state index in [0.29, 0.717) is 234 Å². The molecule has 34 heteroatoms. The number of hydrogen-bond acceptors (Lipinski definition) is 30. The second-order valence-electron chi connectivity index (χ2n) is 34.4. The molecule has 2 saturated heterocycles. The van der Waals surface area contributed by atoms with Crippen molar-refractivity contribution in [2.24, 2.45) is 40.7 Å². The number of piperidine rings is 1. The number of allylic oxidation sites excluding steroid dienone is 6. The zero-order valence-corrected chi connectivity index (χ0v) is 76.5. The molecule has 34 nitrogen and oxygen atoms in total. The van der Waals surface area contributed by atoms with Gasteiger partial charge in [-0.05, 0) is 167 Å². The highest BCUT2D eigenvalue weighted by atomic mass is 16.6. The van der Waals surface area contributed by atoms with Crippen LogP contribution in [-0.4, -0.2) is 293 Å². The third-order valence-electron chi connectivity index (χ3n) is 24.7. The number of aliphatic hydroxyl groups excluding tert-OH is 2. The zero-order chi connectivity index (χ0) is 91.5. The van der Waals surface area contributed by atoms with Crippen molar-refractivity contribution in [3.05, 3.63) is 107 Å². The number of nitrogen functional groups attached to an aromatic ring is 2. The molecule has 0 radical (unpaired) electrons. The lowest BCUT2D eigenvalue weighted by atomic mass is 9.78. The van der Waals surface area contributed by atoms with Crippen LogP contribution in [0.1, 0.15) is 155 Å². The Balaban J connectivity index is 0.574. The van der Waals surface area contributed by atoms with Gasteiger partial charge in [0.1, 0.15) is 47.7 Å². The highest BCUT2D eigenvalue weighted by Gasteiger charge is 2.53. The fourth-order valence-corrected chi connectivity index (χ4v) is 17.4. The summed E-state index contributed by atoms with van der Waals surface area (Å²) in [6, 6.07) is 10.9. The van der Waals surface area contributed by atoms with Gasteiger partial charge in [0.2, 0.25) is 11.7 Å². The first-order valence-corrected chi connectivity index (χ1v) is 45.6. The molecule has 128 heavy (non-hydrogen) atoms. The monoisotopic (exact) mass is 1790 g/mol. The molecule has 8 N–H and O–H groups in total. The van der Waals surface area contributed by atoms with Crippen LogP contribution >= 0.6 is 0 Å². The minimum Gasteiger partial charge on any atom is -0.461 e. The number of rotatable bonds is 39. The number of nitrogens with one attached hydrogen (secondary N) is 1. The number of carbonyl (C=O) groups is 5. The first-order chi connectivity index (χ1) is 61.9. The summed E-state index contributed by atoms with van der Waals surface area (Å²) < 4.78 is 83.0. The summed E-state index contributed by atoms with van der Waals surface area (Å²) in [6.07, 6.45) is 16.4. The van der Waals surface area contributed by atoms with Gasteiger partial charge in [0.25, 0.3) is 23.6 Å². The summed E-state index contributed by atoms with van der Waals surface area (Å²) in [5.74, 6) is -6.32.